The second kappa shape index (κ2) is 8.93. The summed E-state index contributed by atoms with van der Waals surface area (Å²) in [6.07, 6.45) is 3.23. The molecule has 1 amide bonds. The Balaban J connectivity index is 1.53. The molecule has 1 atom stereocenters. The normalized spacial score (nSPS) is 15.6. The van der Waals surface area contributed by atoms with Gasteiger partial charge in [0.2, 0.25) is 17.0 Å². The number of anilines is 1. The van der Waals surface area contributed by atoms with E-state index in [9.17, 15) is 4.79 Å². The van der Waals surface area contributed by atoms with Gasteiger partial charge in [-0.15, -0.1) is 17.9 Å². The monoisotopic (exact) mass is 481 g/mol. The number of nitrogens with one attached hydrogen (secondary N) is 2. The van der Waals surface area contributed by atoms with Gasteiger partial charge in [-0.25, -0.2) is 9.97 Å². The molecule has 0 saturated carbocycles. The summed E-state index contributed by atoms with van der Waals surface area (Å²) < 4.78 is 12.5. The zero-order chi connectivity index (χ0) is 22.9. The van der Waals surface area contributed by atoms with Crippen LogP contribution in [0.25, 0.3) is 21.0 Å². The number of thiophene rings is 1. The molecule has 3 aromatic heterocycles. The Morgan fingerprint density at radius 3 is 3.03 bits per heavy atom. The molecule has 1 aliphatic rings. The van der Waals surface area contributed by atoms with Crippen LogP contribution in [0, 0.1) is 0 Å². The summed E-state index contributed by atoms with van der Waals surface area (Å²) in [6.45, 7) is 6.91. The van der Waals surface area contributed by atoms with Crippen LogP contribution < -0.4 is 15.4 Å². The quantitative estimate of drug-likeness (QED) is 0.229. The zero-order valence-electron chi connectivity index (χ0n) is 17.7. The summed E-state index contributed by atoms with van der Waals surface area (Å²) in [4.78, 5) is 26.2. The molecule has 0 saturated heterocycles. The van der Waals surface area contributed by atoms with Crippen molar-refractivity contribution in [3.63, 3.8) is 0 Å². The molecular weight excluding hydrogens is 462 g/mol. The predicted octanol–water partition coefficient (Wildman–Crippen LogP) is 4.93. The highest BCUT2D eigenvalue weighted by atomic mass is 35.5. The van der Waals surface area contributed by atoms with Crippen molar-refractivity contribution in [1.82, 2.24) is 20.3 Å². The molecule has 0 aliphatic carbocycles. The van der Waals surface area contributed by atoms with E-state index in [1.165, 1.54) is 11.3 Å². The van der Waals surface area contributed by atoms with E-state index in [2.05, 4.69) is 32.2 Å². The molecule has 0 spiro atoms. The number of benzene rings is 1. The number of rotatable bonds is 6. The van der Waals surface area contributed by atoms with Gasteiger partial charge in [-0.1, -0.05) is 6.08 Å². The smallest absolute Gasteiger partial charge is 0.263 e. The number of nitrogens with zero attached hydrogens (tertiary/aromatic N) is 3. The van der Waals surface area contributed by atoms with Gasteiger partial charge in [-0.05, 0) is 36.7 Å². The average Bonchev–Trinajstić information content (AvgIpc) is 3.12. The number of carbonyl (C=O) groups excluding carboxylic acids is 1. The number of fused-ring (bicyclic) bond motifs is 5. The predicted molar refractivity (Wildman–Crippen MR) is 130 cm³/mol. The minimum Gasteiger partial charge on any atom is -0.420 e. The van der Waals surface area contributed by atoms with E-state index < -0.39 is 0 Å². The molecule has 5 rings (SSSR count). The van der Waals surface area contributed by atoms with Crippen LogP contribution in [0.5, 0.6) is 11.8 Å². The first-order chi connectivity index (χ1) is 16.0. The first-order valence-corrected chi connectivity index (χ1v) is 11.5. The van der Waals surface area contributed by atoms with Crippen LogP contribution in [-0.2, 0) is 11.3 Å². The largest absolute Gasteiger partial charge is 0.420 e. The van der Waals surface area contributed by atoms with Crippen LogP contribution >= 0.6 is 22.9 Å². The summed E-state index contributed by atoms with van der Waals surface area (Å²) in [6, 6.07) is 7.65. The minimum absolute atomic E-state index is 0.0459. The van der Waals surface area contributed by atoms with E-state index in [4.69, 9.17) is 21.1 Å². The van der Waals surface area contributed by atoms with Gasteiger partial charge in [0, 0.05) is 40.3 Å². The van der Waals surface area contributed by atoms with Crippen molar-refractivity contribution in [2.45, 2.75) is 19.6 Å². The van der Waals surface area contributed by atoms with Gasteiger partial charge in [-0.2, -0.15) is 4.98 Å². The van der Waals surface area contributed by atoms with Crippen LogP contribution in [0.2, 0.25) is 5.28 Å². The Morgan fingerprint density at radius 1 is 1.30 bits per heavy atom. The maximum absolute atomic E-state index is 12.6. The average molecular weight is 482 g/mol. The Hall–Kier alpha value is -3.27. The lowest BCUT2D eigenvalue weighted by molar-refractivity contribution is 0.0949. The van der Waals surface area contributed by atoms with Gasteiger partial charge in [-0.3, -0.25) is 4.79 Å². The lowest BCUT2D eigenvalue weighted by Gasteiger charge is -2.11. The van der Waals surface area contributed by atoms with Gasteiger partial charge < -0.3 is 20.1 Å². The summed E-state index contributed by atoms with van der Waals surface area (Å²) >= 11 is 7.45. The number of halogens is 1. The van der Waals surface area contributed by atoms with Gasteiger partial charge >= 0.3 is 0 Å². The third-order valence-electron chi connectivity index (χ3n) is 5.16. The van der Waals surface area contributed by atoms with Gasteiger partial charge in [0.15, 0.2) is 0 Å². The molecule has 8 nitrogen and oxygen atoms in total. The standard InChI is InChI=1S/C23H20ClN5O3S/c1-3-8-31-11-13-10-26-23(24)29-22(13)32-17-7-4-14-15(28-17)5-6-16-18(14)19-20(33-16)21(30)27-12(2)9-25-19/h3-7,10,12,25H,1,8-9,11H2,2H3,(H,27,30)/t12-/m1/s1. The fourth-order valence-corrected chi connectivity index (χ4v) is 4.90. The maximum atomic E-state index is 12.6. The van der Waals surface area contributed by atoms with Crippen molar-refractivity contribution in [1.29, 1.82) is 0 Å². The molecule has 10 heteroatoms. The van der Waals surface area contributed by atoms with E-state index in [1.807, 2.05) is 25.1 Å². The summed E-state index contributed by atoms with van der Waals surface area (Å²) in [5.41, 5.74) is 2.23. The molecule has 1 aliphatic heterocycles. The maximum Gasteiger partial charge on any atom is 0.263 e. The van der Waals surface area contributed by atoms with Gasteiger partial charge in [0.1, 0.15) is 4.88 Å². The molecule has 0 radical (unpaired) electrons. The first kappa shape index (κ1) is 21.6. The highest BCUT2D eigenvalue weighted by Crippen LogP contribution is 2.41. The summed E-state index contributed by atoms with van der Waals surface area (Å²) in [5.74, 6) is 0.586. The van der Waals surface area contributed by atoms with Crippen molar-refractivity contribution in [3.05, 3.63) is 58.8 Å². The molecule has 2 N–H and O–H groups in total. The van der Waals surface area contributed by atoms with E-state index in [0.29, 0.717) is 29.5 Å². The fraction of sp³-hybridized carbons (Fsp3) is 0.217. The van der Waals surface area contributed by atoms with Crippen molar-refractivity contribution < 1.29 is 14.3 Å². The zero-order valence-corrected chi connectivity index (χ0v) is 19.3. The Kier molecular flexibility index (Phi) is 5.84. The fourth-order valence-electron chi connectivity index (χ4n) is 3.67. The molecular formula is C23H20ClN5O3S. The molecule has 0 bridgehead atoms. The van der Waals surface area contributed by atoms with Gasteiger partial charge in [0.25, 0.3) is 5.91 Å². The lowest BCUT2D eigenvalue weighted by Crippen LogP contribution is -2.34. The van der Waals surface area contributed by atoms with E-state index >= 15 is 0 Å². The second-order valence-electron chi connectivity index (χ2n) is 7.59. The molecule has 4 aromatic rings. The van der Waals surface area contributed by atoms with Crippen LogP contribution in [0.4, 0.5) is 5.69 Å². The molecule has 0 unspecified atom stereocenters. The number of carbonyl (C=O) groups is 1. The van der Waals surface area contributed by atoms with E-state index in [1.54, 1.807) is 18.3 Å². The highest BCUT2D eigenvalue weighted by Gasteiger charge is 2.24. The number of ether oxygens (including phenoxy) is 2. The summed E-state index contributed by atoms with van der Waals surface area (Å²) in [5, 5.41) is 8.42. The van der Waals surface area contributed by atoms with Crippen LogP contribution in [0.1, 0.15) is 22.2 Å². The molecule has 168 valence electrons. The Bertz CT molecular complexity index is 1390. The van der Waals surface area contributed by atoms with Crippen LogP contribution in [0.3, 0.4) is 0 Å². The molecule has 33 heavy (non-hydrogen) atoms. The molecule has 4 heterocycles. The van der Waals surface area contributed by atoms with Crippen molar-refractivity contribution in [2.24, 2.45) is 0 Å². The number of hydrogen-bond donors (Lipinski definition) is 2. The van der Waals surface area contributed by atoms with E-state index in [0.717, 1.165) is 26.7 Å². The van der Waals surface area contributed by atoms with Crippen molar-refractivity contribution in [3.8, 4) is 11.8 Å². The number of amides is 1. The second-order valence-corrected chi connectivity index (χ2v) is 8.98. The third-order valence-corrected chi connectivity index (χ3v) is 6.49. The lowest BCUT2D eigenvalue weighted by atomic mass is 10.1. The van der Waals surface area contributed by atoms with Crippen molar-refractivity contribution in [2.75, 3.05) is 18.5 Å². The number of hydrogen-bond acceptors (Lipinski definition) is 8. The van der Waals surface area contributed by atoms with Crippen LogP contribution in [-0.4, -0.2) is 40.1 Å². The Labute approximate surface area is 198 Å². The first-order valence-electron chi connectivity index (χ1n) is 10.3. The molecule has 1 aromatic carbocycles. The number of aromatic nitrogens is 3. The van der Waals surface area contributed by atoms with E-state index in [-0.39, 0.29) is 29.7 Å². The SMILES string of the molecule is C=CCOCc1cnc(Cl)nc1Oc1ccc2c(ccc3sc4c(c32)NC[C@@H](C)NC4=O)n1. The summed E-state index contributed by atoms with van der Waals surface area (Å²) in [7, 11) is 0. The highest BCUT2D eigenvalue weighted by molar-refractivity contribution is 7.21. The number of pyridine rings is 1. The van der Waals surface area contributed by atoms with Crippen LogP contribution in [0.15, 0.2) is 43.1 Å². The van der Waals surface area contributed by atoms with Gasteiger partial charge in [0.05, 0.1) is 30.0 Å². The van der Waals surface area contributed by atoms with Crippen molar-refractivity contribution >= 4 is 55.5 Å². The Morgan fingerprint density at radius 2 is 2.18 bits per heavy atom. The topological polar surface area (TPSA) is 98.3 Å². The third kappa shape index (κ3) is 4.22. The molecule has 0 fully saturated rings. The minimum atomic E-state index is -0.0587.